The van der Waals surface area contributed by atoms with Crippen molar-refractivity contribution in [1.82, 2.24) is 9.97 Å². The number of benzene rings is 5. The summed E-state index contributed by atoms with van der Waals surface area (Å²) in [6.07, 6.45) is 7.40. The quantitative estimate of drug-likeness (QED) is 0.262. The third-order valence-electron chi connectivity index (χ3n) is 6.87. The molecule has 0 aliphatic heterocycles. The summed E-state index contributed by atoms with van der Waals surface area (Å²) in [6.45, 7) is 0. The average Bonchev–Trinajstić information content (AvgIpc) is 2.92. The van der Waals surface area contributed by atoms with E-state index in [0.29, 0.717) is 0 Å². The molecule has 2 aromatic heterocycles. The van der Waals surface area contributed by atoms with Crippen LogP contribution in [-0.4, -0.2) is 9.97 Å². The van der Waals surface area contributed by atoms with Gasteiger partial charge in [-0.2, -0.15) is 0 Å². The van der Waals surface area contributed by atoms with E-state index >= 15 is 0 Å². The molecule has 158 valence electrons. The Kier molecular flexibility index (Phi) is 4.18. The van der Waals surface area contributed by atoms with E-state index in [4.69, 9.17) is 0 Å². The largest absolute Gasteiger partial charge is 0.265 e. The molecule has 0 saturated carbocycles. The summed E-state index contributed by atoms with van der Waals surface area (Å²) in [5, 5.41) is 7.79. The van der Waals surface area contributed by atoms with Gasteiger partial charge in [0, 0.05) is 24.8 Å². The Bertz CT molecular complexity index is 1770. The first-order valence-electron chi connectivity index (χ1n) is 11.5. The molecule has 0 saturated heterocycles. The molecule has 0 unspecified atom stereocenters. The van der Waals surface area contributed by atoms with Crippen LogP contribution in [0.1, 0.15) is 0 Å². The second-order valence-corrected chi connectivity index (χ2v) is 8.70. The van der Waals surface area contributed by atoms with Crippen molar-refractivity contribution in [3.63, 3.8) is 0 Å². The summed E-state index contributed by atoms with van der Waals surface area (Å²) in [6, 6.07) is 35.2. The number of pyridine rings is 2. The van der Waals surface area contributed by atoms with Crippen molar-refractivity contribution in [3.05, 3.63) is 122 Å². The van der Waals surface area contributed by atoms with E-state index in [1.54, 1.807) is 0 Å². The number of hydrogen-bond acceptors (Lipinski definition) is 2. The Hall–Kier alpha value is -4.56. The standard InChI is InChI=1S/C32H20N2/c1-3-23(4-2-21(1)22-13-17-33-18-14-22)27-9-5-25-8-12-30-28(24-15-19-34-20-16-24)10-6-26-7-11-29(27)31(25)32(26)30/h1-20H. The number of aromatic nitrogens is 2. The van der Waals surface area contributed by atoms with Crippen molar-refractivity contribution in [2.75, 3.05) is 0 Å². The minimum Gasteiger partial charge on any atom is -0.265 e. The van der Waals surface area contributed by atoms with Crippen molar-refractivity contribution < 1.29 is 0 Å². The predicted molar refractivity (Wildman–Crippen MR) is 142 cm³/mol. The number of rotatable bonds is 3. The van der Waals surface area contributed by atoms with E-state index in [0.717, 1.165) is 0 Å². The van der Waals surface area contributed by atoms with Crippen LogP contribution in [0.3, 0.4) is 0 Å². The van der Waals surface area contributed by atoms with Gasteiger partial charge in [-0.1, -0.05) is 72.8 Å². The summed E-state index contributed by atoms with van der Waals surface area (Å²) in [7, 11) is 0. The summed E-state index contributed by atoms with van der Waals surface area (Å²) < 4.78 is 0. The van der Waals surface area contributed by atoms with Crippen molar-refractivity contribution in [2.45, 2.75) is 0 Å². The fourth-order valence-corrected chi connectivity index (χ4v) is 5.22. The monoisotopic (exact) mass is 432 g/mol. The molecule has 7 rings (SSSR count). The lowest BCUT2D eigenvalue weighted by Gasteiger charge is -2.16. The van der Waals surface area contributed by atoms with Gasteiger partial charge < -0.3 is 0 Å². The zero-order chi connectivity index (χ0) is 22.5. The Balaban J connectivity index is 1.46. The van der Waals surface area contributed by atoms with Gasteiger partial charge in [-0.15, -0.1) is 0 Å². The number of nitrogens with zero attached hydrogens (tertiary/aromatic N) is 2. The summed E-state index contributed by atoms with van der Waals surface area (Å²) >= 11 is 0. The summed E-state index contributed by atoms with van der Waals surface area (Å²) in [5.74, 6) is 0. The summed E-state index contributed by atoms with van der Waals surface area (Å²) in [4.78, 5) is 8.33. The van der Waals surface area contributed by atoms with E-state index < -0.39 is 0 Å². The molecular weight excluding hydrogens is 412 g/mol. The van der Waals surface area contributed by atoms with E-state index in [-0.39, 0.29) is 0 Å². The molecular formula is C32H20N2. The SMILES string of the molecule is c1cc(-c2ccc(-c3ccc4ccc5c(-c6ccncc6)ccc6ccc3c4c65)cc2)ccn1. The highest BCUT2D eigenvalue weighted by Crippen LogP contribution is 2.42. The molecule has 0 amide bonds. The highest BCUT2D eigenvalue weighted by atomic mass is 14.6. The van der Waals surface area contributed by atoms with Crippen LogP contribution in [0.2, 0.25) is 0 Å². The van der Waals surface area contributed by atoms with E-state index in [9.17, 15) is 0 Å². The molecule has 2 heteroatoms. The molecule has 0 aliphatic rings. The maximum atomic E-state index is 4.20. The zero-order valence-corrected chi connectivity index (χ0v) is 18.4. The molecule has 0 radical (unpaired) electrons. The molecule has 0 aliphatic carbocycles. The normalized spacial score (nSPS) is 11.5. The highest BCUT2D eigenvalue weighted by Gasteiger charge is 2.14. The first-order valence-corrected chi connectivity index (χ1v) is 11.5. The molecule has 5 aromatic carbocycles. The lowest BCUT2D eigenvalue weighted by molar-refractivity contribution is 1.33. The van der Waals surface area contributed by atoms with Gasteiger partial charge in [-0.3, -0.25) is 9.97 Å². The molecule has 0 fully saturated rings. The number of hydrogen-bond donors (Lipinski definition) is 0. The third-order valence-corrected chi connectivity index (χ3v) is 6.87. The van der Waals surface area contributed by atoms with Gasteiger partial charge in [-0.25, -0.2) is 0 Å². The first kappa shape index (κ1) is 19.0. The fraction of sp³-hybridized carbons (Fsp3) is 0. The second kappa shape index (κ2) is 7.50. The summed E-state index contributed by atoms with van der Waals surface area (Å²) in [5.41, 5.74) is 7.31. The van der Waals surface area contributed by atoms with E-state index in [2.05, 4.69) is 94.9 Å². The van der Waals surface area contributed by atoms with Crippen LogP contribution < -0.4 is 0 Å². The van der Waals surface area contributed by atoms with Crippen LogP contribution in [0.25, 0.3) is 65.7 Å². The Labute approximate surface area is 197 Å². The van der Waals surface area contributed by atoms with Gasteiger partial charge >= 0.3 is 0 Å². The van der Waals surface area contributed by atoms with Crippen LogP contribution in [0.5, 0.6) is 0 Å². The van der Waals surface area contributed by atoms with Gasteiger partial charge in [-0.05, 0) is 90.0 Å². The van der Waals surface area contributed by atoms with Gasteiger partial charge in [0.15, 0.2) is 0 Å². The predicted octanol–water partition coefficient (Wildman–Crippen LogP) is 8.38. The first-order chi connectivity index (χ1) is 16.9. The van der Waals surface area contributed by atoms with Crippen LogP contribution in [0.4, 0.5) is 0 Å². The Morgan fingerprint density at radius 2 is 0.706 bits per heavy atom. The van der Waals surface area contributed by atoms with Gasteiger partial charge in [0.25, 0.3) is 0 Å². The highest BCUT2D eigenvalue weighted by molar-refractivity contribution is 6.27. The zero-order valence-electron chi connectivity index (χ0n) is 18.4. The minimum absolute atomic E-state index is 1.18. The average molecular weight is 433 g/mol. The van der Waals surface area contributed by atoms with Crippen LogP contribution in [0.15, 0.2) is 122 Å². The van der Waals surface area contributed by atoms with Crippen LogP contribution in [-0.2, 0) is 0 Å². The van der Waals surface area contributed by atoms with Crippen LogP contribution in [0, 0.1) is 0 Å². The Morgan fingerprint density at radius 3 is 1.24 bits per heavy atom. The molecule has 2 heterocycles. The molecule has 0 spiro atoms. The Morgan fingerprint density at radius 1 is 0.324 bits per heavy atom. The van der Waals surface area contributed by atoms with Gasteiger partial charge in [0.05, 0.1) is 0 Å². The van der Waals surface area contributed by atoms with Crippen molar-refractivity contribution in [2.24, 2.45) is 0 Å². The minimum atomic E-state index is 1.18. The molecule has 0 N–H and O–H groups in total. The van der Waals surface area contributed by atoms with Crippen LogP contribution >= 0.6 is 0 Å². The smallest absolute Gasteiger partial charge is 0.0273 e. The third kappa shape index (κ3) is 2.89. The fourth-order valence-electron chi connectivity index (χ4n) is 5.22. The van der Waals surface area contributed by atoms with Crippen molar-refractivity contribution >= 4 is 32.3 Å². The van der Waals surface area contributed by atoms with Crippen molar-refractivity contribution in [3.8, 4) is 33.4 Å². The lowest BCUT2D eigenvalue weighted by Crippen LogP contribution is -1.89. The molecule has 7 aromatic rings. The maximum Gasteiger partial charge on any atom is 0.0273 e. The molecule has 34 heavy (non-hydrogen) atoms. The van der Waals surface area contributed by atoms with E-state index in [1.807, 2.05) is 36.9 Å². The maximum absolute atomic E-state index is 4.20. The van der Waals surface area contributed by atoms with E-state index in [1.165, 1.54) is 65.7 Å². The second-order valence-electron chi connectivity index (χ2n) is 8.70. The van der Waals surface area contributed by atoms with Crippen molar-refractivity contribution in [1.29, 1.82) is 0 Å². The van der Waals surface area contributed by atoms with Gasteiger partial charge in [0.1, 0.15) is 0 Å². The lowest BCUT2D eigenvalue weighted by atomic mass is 9.87. The molecule has 0 bridgehead atoms. The topological polar surface area (TPSA) is 25.8 Å². The molecule has 0 atom stereocenters. The molecule has 2 nitrogen and oxygen atoms in total. The van der Waals surface area contributed by atoms with Gasteiger partial charge in [0.2, 0.25) is 0 Å².